The van der Waals surface area contributed by atoms with Crippen LogP contribution in [0, 0.1) is 5.92 Å². The smallest absolute Gasteiger partial charge is 0.400 e. The molecule has 0 bridgehead atoms. The largest absolute Gasteiger partial charge is 0.491 e. The summed E-state index contributed by atoms with van der Waals surface area (Å²) in [4.78, 5) is 4.12. The molecule has 2 heterocycles. The molecule has 5 heteroatoms. The molecule has 20 heavy (non-hydrogen) atoms. The Morgan fingerprint density at radius 3 is 2.40 bits per heavy atom. The molecule has 0 aromatic heterocycles. The number of hydrogen-bond acceptors (Lipinski definition) is 3. The van der Waals surface area contributed by atoms with Crippen molar-refractivity contribution in [2.45, 2.75) is 45.8 Å². The van der Waals surface area contributed by atoms with Crippen molar-refractivity contribution in [3.05, 3.63) is 35.2 Å². The number of allylic oxidation sites excluding steroid dienone is 5. The van der Waals surface area contributed by atoms with Gasteiger partial charge in [0.15, 0.2) is 0 Å². The first kappa shape index (κ1) is 13.8. The van der Waals surface area contributed by atoms with Gasteiger partial charge in [0.05, 0.1) is 16.9 Å². The summed E-state index contributed by atoms with van der Waals surface area (Å²) in [7, 11) is -0.456. The molecule has 3 aliphatic rings. The van der Waals surface area contributed by atoms with Gasteiger partial charge in [-0.1, -0.05) is 11.6 Å². The highest BCUT2D eigenvalue weighted by atomic mass is 19.1. The fourth-order valence-electron chi connectivity index (χ4n) is 2.74. The van der Waals surface area contributed by atoms with Gasteiger partial charge in [-0.3, -0.25) is 4.99 Å². The molecular weight excluding hydrogens is 256 g/mol. The first-order chi connectivity index (χ1) is 9.23. The van der Waals surface area contributed by atoms with Crippen LogP contribution < -0.4 is 0 Å². The maximum Gasteiger partial charge on any atom is 0.491 e. The number of aliphatic imine (C=N–C) groups is 1. The second kappa shape index (κ2) is 4.15. The molecule has 0 aromatic carbocycles. The van der Waals surface area contributed by atoms with Crippen LogP contribution in [-0.2, 0) is 9.31 Å². The third kappa shape index (κ3) is 1.84. The Bertz CT molecular complexity index is 571. The molecule has 1 aliphatic carbocycles. The van der Waals surface area contributed by atoms with Crippen LogP contribution in [0.3, 0.4) is 0 Å². The highest BCUT2D eigenvalue weighted by Crippen LogP contribution is 2.43. The number of nitrogens with zero attached hydrogens (tertiary/aromatic N) is 1. The molecule has 0 unspecified atom stereocenters. The molecule has 0 N–H and O–H groups in total. The van der Waals surface area contributed by atoms with E-state index in [9.17, 15) is 4.39 Å². The van der Waals surface area contributed by atoms with E-state index in [0.717, 1.165) is 11.0 Å². The van der Waals surface area contributed by atoms with Crippen molar-refractivity contribution in [2.75, 3.05) is 0 Å². The minimum Gasteiger partial charge on any atom is -0.400 e. The minimum absolute atomic E-state index is 0.172. The van der Waals surface area contributed by atoms with Gasteiger partial charge in [0, 0.05) is 12.1 Å². The van der Waals surface area contributed by atoms with Gasteiger partial charge in [-0.25, -0.2) is 4.39 Å². The number of fused-ring (bicyclic) bond motifs is 1. The third-order valence-electron chi connectivity index (χ3n) is 4.67. The maximum absolute atomic E-state index is 13.9. The van der Waals surface area contributed by atoms with Crippen LogP contribution in [0.5, 0.6) is 0 Å². The fraction of sp³-hybridized carbons (Fsp3) is 0.533. The van der Waals surface area contributed by atoms with E-state index in [-0.39, 0.29) is 11.7 Å². The highest BCUT2D eigenvalue weighted by molar-refractivity contribution is 6.56. The van der Waals surface area contributed by atoms with E-state index < -0.39 is 18.3 Å². The van der Waals surface area contributed by atoms with Gasteiger partial charge in [-0.2, -0.15) is 0 Å². The lowest BCUT2D eigenvalue weighted by molar-refractivity contribution is 0.00578. The summed E-state index contributed by atoms with van der Waals surface area (Å²) in [5, 5.41) is 0. The third-order valence-corrected chi connectivity index (χ3v) is 4.67. The Labute approximate surface area is 119 Å². The lowest BCUT2D eigenvalue weighted by Gasteiger charge is -2.32. The zero-order chi connectivity index (χ0) is 14.7. The summed E-state index contributed by atoms with van der Waals surface area (Å²) in [6.07, 6.45) is 5.06. The number of halogens is 1. The lowest BCUT2D eigenvalue weighted by atomic mass is 9.65. The monoisotopic (exact) mass is 275 g/mol. The SMILES string of the molecule is CC1=C(B2OC(C)(C)C(C)(C)O2)[C@@H]2C=CN=C2C(F)=C1. The van der Waals surface area contributed by atoms with E-state index >= 15 is 0 Å². The van der Waals surface area contributed by atoms with Gasteiger partial charge in [0.2, 0.25) is 0 Å². The Kier molecular flexibility index (Phi) is 2.86. The quantitative estimate of drug-likeness (QED) is 0.687. The van der Waals surface area contributed by atoms with Gasteiger partial charge in [0.1, 0.15) is 5.83 Å². The second-order valence-electron chi connectivity index (χ2n) is 6.55. The zero-order valence-electron chi connectivity index (χ0n) is 12.5. The van der Waals surface area contributed by atoms with Crippen LogP contribution in [0.4, 0.5) is 4.39 Å². The molecule has 1 atom stereocenters. The van der Waals surface area contributed by atoms with Gasteiger partial charge in [-0.05, 0) is 46.2 Å². The Morgan fingerprint density at radius 2 is 1.80 bits per heavy atom. The molecule has 0 aromatic rings. The zero-order valence-corrected chi connectivity index (χ0v) is 12.5. The average molecular weight is 275 g/mol. The van der Waals surface area contributed by atoms with E-state index in [4.69, 9.17) is 9.31 Å². The molecule has 0 saturated carbocycles. The van der Waals surface area contributed by atoms with Crippen LogP contribution in [0.1, 0.15) is 34.6 Å². The van der Waals surface area contributed by atoms with E-state index in [2.05, 4.69) is 4.99 Å². The van der Waals surface area contributed by atoms with Crippen LogP contribution in [0.2, 0.25) is 0 Å². The normalized spacial score (nSPS) is 30.5. The Hall–Kier alpha value is -1.20. The summed E-state index contributed by atoms with van der Waals surface area (Å²) in [6, 6.07) is 0. The molecule has 3 rings (SSSR count). The topological polar surface area (TPSA) is 30.8 Å². The summed E-state index contributed by atoms with van der Waals surface area (Å²) in [6.45, 7) is 9.95. The van der Waals surface area contributed by atoms with E-state index in [1.165, 1.54) is 6.08 Å². The van der Waals surface area contributed by atoms with Crippen LogP contribution in [-0.4, -0.2) is 24.0 Å². The van der Waals surface area contributed by atoms with Crippen molar-refractivity contribution in [3.63, 3.8) is 0 Å². The molecule has 3 nitrogen and oxygen atoms in total. The van der Waals surface area contributed by atoms with Crippen molar-refractivity contribution in [1.29, 1.82) is 0 Å². The highest BCUT2D eigenvalue weighted by Gasteiger charge is 2.54. The minimum atomic E-state index is -0.456. The van der Waals surface area contributed by atoms with Crippen molar-refractivity contribution >= 4 is 12.8 Å². The van der Waals surface area contributed by atoms with E-state index in [0.29, 0.717) is 5.71 Å². The Balaban J connectivity index is 2.01. The molecular formula is C15H19BFNO2. The van der Waals surface area contributed by atoms with Crippen molar-refractivity contribution in [3.8, 4) is 0 Å². The lowest BCUT2D eigenvalue weighted by Crippen LogP contribution is -2.41. The first-order valence-electron chi connectivity index (χ1n) is 6.91. The summed E-state index contributed by atoms with van der Waals surface area (Å²) >= 11 is 0. The molecule has 106 valence electrons. The summed E-state index contributed by atoms with van der Waals surface area (Å²) in [5.74, 6) is -0.438. The molecule has 1 fully saturated rings. The first-order valence-corrected chi connectivity index (χ1v) is 6.91. The van der Waals surface area contributed by atoms with Crippen molar-refractivity contribution < 1.29 is 13.7 Å². The van der Waals surface area contributed by atoms with E-state index in [1.54, 1.807) is 6.20 Å². The van der Waals surface area contributed by atoms with Gasteiger partial charge >= 0.3 is 7.12 Å². The van der Waals surface area contributed by atoms with E-state index in [1.807, 2.05) is 40.7 Å². The predicted octanol–water partition coefficient (Wildman–Crippen LogP) is 3.39. The molecule has 0 radical (unpaired) electrons. The molecule has 1 saturated heterocycles. The van der Waals surface area contributed by atoms with Gasteiger partial charge in [0.25, 0.3) is 0 Å². The summed E-state index contributed by atoms with van der Waals surface area (Å²) in [5.41, 5.74) is 1.48. The second-order valence-corrected chi connectivity index (χ2v) is 6.55. The van der Waals surface area contributed by atoms with Gasteiger partial charge < -0.3 is 9.31 Å². The summed E-state index contributed by atoms with van der Waals surface area (Å²) < 4.78 is 26.1. The van der Waals surface area contributed by atoms with Crippen LogP contribution >= 0.6 is 0 Å². The number of hydrogen-bond donors (Lipinski definition) is 0. The van der Waals surface area contributed by atoms with Gasteiger partial charge in [-0.15, -0.1) is 0 Å². The number of rotatable bonds is 1. The van der Waals surface area contributed by atoms with Crippen molar-refractivity contribution in [2.24, 2.45) is 10.9 Å². The fourth-order valence-corrected chi connectivity index (χ4v) is 2.74. The Morgan fingerprint density at radius 1 is 1.20 bits per heavy atom. The maximum atomic E-state index is 13.9. The van der Waals surface area contributed by atoms with Crippen molar-refractivity contribution in [1.82, 2.24) is 0 Å². The van der Waals surface area contributed by atoms with Crippen LogP contribution in [0.15, 0.2) is 40.2 Å². The molecule has 0 spiro atoms. The standard InChI is InChI=1S/C15H19BFNO2/c1-9-8-11(17)13-10(6-7-18-13)12(9)16-19-14(2,3)15(4,5)20-16/h6-8,10H,1-5H3/t10-/m0/s1. The van der Waals surface area contributed by atoms with Crippen LogP contribution in [0.25, 0.3) is 0 Å². The molecule has 2 aliphatic heterocycles. The predicted molar refractivity (Wildman–Crippen MR) is 78.0 cm³/mol. The molecule has 0 amide bonds. The average Bonchev–Trinajstić information content (AvgIpc) is 2.83.